The fourth-order valence-electron chi connectivity index (χ4n) is 1.15. The minimum atomic E-state index is -1.24. The third-order valence-corrected chi connectivity index (χ3v) is 2.51. The van der Waals surface area contributed by atoms with Crippen LogP contribution >= 0.6 is 15.9 Å². The number of aromatic nitrogens is 2. The van der Waals surface area contributed by atoms with Crippen LogP contribution in [0.4, 0.5) is 24.7 Å². The van der Waals surface area contributed by atoms with Gasteiger partial charge in [0.2, 0.25) is 0 Å². The van der Waals surface area contributed by atoms with Crippen LogP contribution in [-0.2, 0) is 0 Å². The number of nitrogens with one attached hydrogen (secondary N) is 1. The monoisotopic (exact) mass is 303 g/mol. The number of anilines is 2. The van der Waals surface area contributed by atoms with Crippen LogP contribution in [0.2, 0.25) is 0 Å². The Bertz CT molecular complexity index is 562. The van der Waals surface area contributed by atoms with Crippen LogP contribution in [0, 0.1) is 17.5 Å². The first-order chi connectivity index (χ1) is 8.08. The minimum absolute atomic E-state index is 0.205. The minimum Gasteiger partial charge on any atom is -0.337 e. The van der Waals surface area contributed by atoms with Gasteiger partial charge in [0.15, 0.2) is 11.6 Å². The summed E-state index contributed by atoms with van der Waals surface area (Å²) in [6.07, 6.45) is 2.68. The van der Waals surface area contributed by atoms with E-state index in [4.69, 9.17) is 0 Å². The average molecular weight is 304 g/mol. The second-order valence-electron chi connectivity index (χ2n) is 3.09. The zero-order valence-electron chi connectivity index (χ0n) is 8.22. The largest absolute Gasteiger partial charge is 0.337 e. The number of hydrogen-bond acceptors (Lipinski definition) is 3. The van der Waals surface area contributed by atoms with Gasteiger partial charge >= 0.3 is 0 Å². The zero-order valence-corrected chi connectivity index (χ0v) is 9.80. The molecule has 0 aliphatic carbocycles. The number of benzene rings is 1. The quantitative estimate of drug-likeness (QED) is 0.864. The Balaban J connectivity index is 2.37. The molecule has 1 aromatic carbocycles. The molecule has 17 heavy (non-hydrogen) atoms. The van der Waals surface area contributed by atoms with E-state index in [2.05, 4.69) is 31.2 Å². The van der Waals surface area contributed by atoms with Crippen molar-refractivity contribution >= 4 is 27.4 Å². The van der Waals surface area contributed by atoms with Crippen LogP contribution < -0.4 is 5.32 Å². The molecule has 2 rings (SSSR count). The van der Waals surface area contributed by atoms with Crippen molar-refractivity contribution in [3.05, 3.63) is 46.6 Å². The molecule has 3 nitrogen and oxygen atoms in total. The van der Waals surface area contributed by atoms with E-state index in [1.807, 2.05) is 0 Å². The predicted octanol–water partition coefficient (Wildman–Crippen LogP) is 3.40. The molecule has 0 saturated heterocycles. The zero-order chi connectivity index (χ0) is 12.4. The van der Waals surface area contributed by atoms with Gasteiger partial charge in [-0.2, -0.15) is 0 Å². The Labute approximate surface area is 103 Å². The SMILES string of the molecule is Fc1cc(F)c(Nc2ncncc2Br)cc1F. The smallest absolute Gasteiger partial charge is 0.161 e. The molecule has 0 bridgehead atoms. The van der Waals surface area contributed by atoms with Gasteiger partial charge in [-0.25, -0.2) is 23.1 Å². The molecule has 0 amide bonds. The van der Waals surface area contributed by atoms with Gasteiger partial charge < -0.3 is 5.32 Å². The lowest BCUT2D eigenvalue weighted by Crippen LogP contribution is -1.99. The van der Waals surface area contributed by atoms with E-state index in [1.165, 1.54) is 12.5 Å². The number of hydrogen-bond donors (Lipinski definition) is 1. The second kappa shape index (κ2) is 4.70. The molecule has 0 fully saturated rings. The highest BCUT2D eigenvalue weighted by Crippen LogP contribution is 2.25. The molecule has 0 atom stereocenters. The van der Waals surface area contributed by atoms with Crippen LogP contribution in [0.15, 0.2) is 29.1 Å². The van der Waals surface area contributed by atoms with Crippen LogP contribution in [0.1, 0.15) is 0 Å². The van der Waals surface area contributed by atoms with Crippen molar-refractivity contribution in [2.45, 2.75) is 0 Å². The van der Waals surface area contributed by atoms with Crippen molar-refractivity contribution < 1.29 is 13.2 Å². The molecule has 7 heteroatoms. The Hall–Kier alpha value is -1.63. The van der Waals surface area contributed by atoms with E-state index in [9.17, 15) is 13.2 Å². The lowest BCUT2D eigenvalue weighted by atomic mass is 10.3. The van der Waals surface area contributed by atoms with E-state index in [0.29, 0.717) is 10.5 Å². The first-order valence-corrected chi connectivity index (χ1v) is 5.24. The molecule has 1 N–H and O–H groups in total. The van der Waals surface area contributed by atoms with E-state index in [-0.39, 0.29) is 11.5 Å². The normalized spacial score (nSPS) is 10.4. The van der Waals surface area contributed by atoms with Crippen molar-refractivity contribution in [2.24, 2.45) is 0 Å². The molecule has 0 aliphatic heterocycles. The molecule has 1 aromatic heterocycles. The summed E-state index contributed by atoms with van der Waals surface area (Å²) in [7, 11) is 0. The van der Waals surface area contributed by atoms with Gasteiger partial charge in [0, 0.05) is 18.3 Å². The predicted molar refractivity (Wildman–Crippen MR) is 59.3 cm³/mol. The van der Waals surface area contributed by atoms with Crippen molar-refractivity contribution in [3.63, 3.8) is 0 Å². The molecule has 0 unspecified atom stereocenters. The topological polar surface area (TPSA) is 37.8 Å². The summed E-state index contributed by atoms with van der Waals surface area (Å²) in [4.78, 5) is 7.53. The Kier molecular flexibility index (Phi) is 3.28. The molecular weight excluding hydrogens is 299 g/mol. The molecule has 0 radical (unpaired) electrons. The highest BCUT2D eigenvalue weighted by molar-refractivity contribution is 9.10. The lowest BCUT2D eigenvalue weighted by Gasteiger charge is -2.08. The van der Waals surface area contributed by atoms with Gasteiger partial charge in [-0.3, -0.25) is 0 Å². The van der Waals surface area contributed by atoms with Crippen LogP contribution in [0.3, 0.4) is 0 Å². The molecule has 0 saturated carbocycles. The van der Waals surface area contributed by atoms with Crippen LogP contribution in [0.5, 0.6) is 0 Å². The van der Waals surface area contributed by atoms with Crippen LogP contribution in [-0.4, -0.2) is 9.97 Å². The summed E-state index contributed by atoms with van der Waals surface area (Å²) in [6, 6.07) is 1.19. The van der Waals surface area contributed by atoms with Crippen molar-refractivity contribution in [1.29, 1.82) is 0 Å². The number of rotatable bonds is 2. The highest BCUT2D eigenvalue weighted by atomic mass is 79.9. The second-order valence-corrected chi connectivity index (χ2v) is 3.94. The summed E-state index contributed by atoms with van der Waals surface area (Å²) < 4.78 is 39.4. The molecular formula is C10H5BrF3N3. The third kappa shape index (κ3) is 2.55. The van der Waals surface area contributed by atoms with Gasteiger partial charge in [0.1, 0.15) is 18.0 Å². The first kappa shape index (κ1) is 11.8. The van der Waals surface area contributed by atoms with Gasteiger partial charge in [0.25, 0.3) is 0 Å². The molecule has 0 spiro atoms. The Morgan fingerprint density at radius 2 is 1.76 bits per heavy atom. The summed E-state index contributed by atoms with van der Waals surface area (Å²) in [5.41, 5.74) is -0.205. The number of halogens is 4. The summed E-state index contributed by atoms with van der Waals surface area (Å²) in [5.74, 6) is -3.03. The standard InChI is InChI=1S/C10H5BrF3N3/c11-5-3-15-4-16-10(5)17-9-2-7(13)6(12)1-8(9)14/h1-4H,(H,15,16,17). The molecule has 2 aromatic rings. The average Bonchev–Trinajstić information content (AvgIpc) is 2.29. The Morgan fingerprint density at radius 3 is 2.47 bits per heavy atom. The summed E-state index contributed by atoms with van der Waals surface area (Å²) >= 11 is 3.13. The third-order valence-electron chi connectivity index (χ3n) is 1.93. The maximum atomic E-state index is 13.3. The van der Waals surface area contributed by atoms with Crippen LogP contribution in [0.25, 0.3) is 0 Å². The molecule has 1 heterocycles. The van der Waals surface area contributed by atoms with Crippen molar-refractivity contribution in [1.82, 2.24) is 9.97 Å². The lowest BCUT2D eigenvalue weighted by molar-refractivity contribution is 0.496. The number of nitrogens with zero attached hydrogens (tertiary/aromatic N) is 2. The van der Waals surface area contributed by atoms with E-state index >= 15 is 0 Å². The fourth-order valence-corrected chi connectivity index (χ4v) is 1.47. The molecule has 0 aliphatic rings. The Morgan fingerprint density at radius 1 is 1.06 bits per heavy atom. The maximum Gasteiger partial charge on any atom is 0.161 e. The van der Waals surface area contributed by atoms with E-state index in [0.717, 1.165) is 6.07 Å². The van der Waals surface area contributed by atoms with Crippen molar-refractivity contribution in [3.8, 4) is 0 Å². The van der Waals surface area contributed by atoms with Gasteiger partial charge in [-0.15, -0.1) is 0 Å². The first-order valence-electron chi connectivity index (χ1n) is 4.45. The van der Waals surface area contributed by atoms with Gasteiger partial charge in [-0.05, 0) is 15.9 Å². The van der Waals surface area contributed by atoms with Gasteiger partial charge in [-0.1, -0.05) is 0 Å². The highest BCUT2D eigenvalue weighted by Gasteiger charge is 2.11. The summed E-state index contributed by atoms with van der Waals surface area (Å²) in [5, 5.41) is 2.53. The van der Waals surface area contributed by atoms with E-state index in [1.54, 1.807) is 0 Å². The van der Waals surface area contributed by atoms with Crippen molar-refractivity contribution in [2.75, 3.05) is 5.32 Å². The van der Waals surface area contributed by atoms with E-state index < -0.39 is 17.5 Å². The fraction of sp³-hybridized carbons (Fsp3) is 0. The van der Waals surface area contributed by atoms with Gasteiger partial charge in [0.05, 0.1) is 10.2 Å². The summed E-state index contributed by atoms with van der Waals surface area (Å²) in [6.45, 7) is 0. The molecule has 88 valence electrons. The maximum absolute atomic E-state index is 13.3.